The van der Waals surface area contributed by atoms with Crippen LogP contribution in [0.5, 0.6) is 0 Å². The van der Waals surface area contributed by atoms with Crippen LogP contribution in [0.4, 0.5) is 4.39 Å². The fourth-order valence-electron chi connectivity index (χ4n) is 1.57. The summed E-state index contributed by atoms with van der Waals surface area (Å²) in [6.07, 6.45) is 0.930. The van der Waals surface area contributed by atoms with Gasteiger partial charge in [0.25, 0.3) is 0 Å². The fourth-order valence-corrected chi connectivity index (χ4v) is 3.21. The van der Waals surface area contributed by atoms with Crippen molar-refractivity contribution in [2.45, 2.75) is 30.7 Å². The van der Waals surface area contributed by atoms with Crippen molar-refractivity contribution < 1.29 is 18.0 Å². The highest BCUT2D eigenvalue weighted by atomic mass is 79.9. The Labute approximate surface area is 125 Å². The van der Waals surface area contributed by atoms with Gasteiger partial charge in [-0.05, 0) is 24.6 Å². The van der Waals surface area contributed by atoms with Crippen molar-refractivity contribution in [3.8, 4) is 0 Å². The molecule has 0 fully saturated rings. The molecule has 6 nitrogen and oxygen atoms in total. The van der Waals surface area contributed by atoms with Gasteiger partial charge in [-0.3, -0.25) is 0 Å². The number of sulfonamides is 1. The van der Waals surface area contributed by atoms with E-state index in [4.69, 9.17) is 10.9 Å². The lowest BCUT2D eigenvalue weighted by Crippen LogP contribution is -2.44. The smallest absolute Gasteiger partial charge is 0.244 e. The lowest BCUT2D eigenvalue weighted by molar-refractivity contribution is 0.315. The molecule has 0 amide bonds. The minimum absolute atomic E-state index is 0.270. The lowest BCUT2D eigenvalue weighted by atomic mass is 10.2. The SMILES string of the molecule is CCCC(NS(=O)(=O)c1ccc(Br)cc1F)/C(N)=N/O. The Balaban J connectivity index is 3.09. The van der Waals surface area contributed by atoms with Crippen LogP contribution in [0, 0.1) is 5.82 Å². The first-order valence-corrected chi connectivity index (χ1v) is 8.04. The zero-order chi connectivity index (χ0) is 15.3. The van der Waals surface area contributed by atoms with E-state index in [-0.39, 0.29) is 5.84 Å². The number of nitrogens with two attached hydrogens (primary N) is 1. The Hall–Kier alpha value is -1.19. The summed E-state index contributed by atoms with van der Waals surface area (Å²) < 4.78 is 40.6. The van der Waals surface area contributed by atoms with Crippen LogP contribution in [0.3, 0.4) is 0 Å². The highest BCUT2D eigenvalue weighted by molar-refractivity contribution is 9.10. The lowest BCUT2D eigenvalue weighted by Gasteiger charge is -2.17. The third-order valence-corrected chi connectivity index (χ3v) is 4.53. The summed E-state index contributed by atoms with van der Waals surface area (Å²) in [5, 5.41) is 11.4. The summed E-state index contributed by atoms with van der Waals surface area (Å²) in [6, 6.07) is 2.71. The van der Waals surface area contributed by atoms with E-state index in [2.05, 4.69) is 25.8 Å². The molecule has 0 spiro atoms. The van der Waals surface area contributed by atoms with Crippen molar-refractivity contribution in [1.29, 1.82) is 0 Å². The van der Waals surface area contributed by atoms with E-state index < -0.39 is 26.8 Å². The van der Waals surface area contributed by atoms with E-state index in [0.717, 1.165) is 12.1 Å². The summed E-state index contributed by atoms with van der Waals surface area (Å²) in [5.74, 6) is -1.16. The average molecular weight is 368 g/mol. The molecule has 0 saturated carbocycles. The quantitative estimate of drug-likeness (QED) is 0.308. The van der Waals surface area contributed by atoms with Crippen LogP contribution in [0.1, 0.15) is 19.8 Å². The molecular weight excluding hydrogens is 353 g/mol. The van der Waals surface area contributed by atoms with E-state index in [1.165, 1.54) is 6.07 Å². The summed E-state index contributed by atoms with van der Waals surface area (Å²) in [7, 11) is -4.10. The molecule has 0 heterocycles. The van der Waals surface area contributed by atoms with E-state index in [1.807, 2.05) is 6.92 Å². The predicted molar refractivity (Wildman–Crippen MR) is 76.5 cm³/mol. The molecule has 0 aromatic heterocycles. The Kier molecular flexibility index (Phi) is 5.90. The molecular formula is C11H15BrFN3O3S. The molecule has 112 valence electrons. The maximum atomic E-state index is 13.7. The topological polar surface area (TPSA) is 105 Å². The van der Waals surface area contributed by atoms with E-state index in [0.29, 0.717) is 17.3 Å². The maximum Gasteiger partial charge on any atom is 0.244 e. The van der Waals surface area contributed by atoms with Gasteiger partial charge in [-0.15, -0.1) is 0 Å². The van der Waals surface area contributed by atoms with E-state index in [1.54, 1.807) is 0 Å². The summed E-state index contributed by atoms with van der Waals surface area (Å²) >= 11 is 3.05. The fraction of sp³-hybridized carbons (Fsp3) is 0.364. The van der Waals surface area contributed by atoms with Crippen LogP contribution in [0.2, 0.25) is 0 Å². The number of benzene rings is 1. The van der Waals surface area contributed by atoms with Crippen molar-refractivity contribution >= 4 is 31.8 Å². The molecule has 0 aliphatic heterocycles. The maximum absolute atomic E-state index is 13.7. The normalized spacial score (nSPS) is 14.2. The van der Waals surface area contributed by atoms with Gasteiger partial charge >= 0.3 is 0 Å². The molecule has 20 heavy (non-hydrogen) atoms. The minimum Gasteiger partial charge on any atom is -0.409 e. The predicted octanol–water partition coefficient (Wildman–Crippen LogP) is 1.78. The second-order valence-electron chi connectivity index (χ2n) is 4.06. The first kappa shape index (κ1) is 16.9. The number of hydrogen-bond donors (Lipinski definition) is 3. The molecule has 0 bridgehead atoms. The van der Waals surface area contributed by atoms with Gasteiger partial charge in [0.1, 0.15) is 10.7 Å². The molecule has 1 aromatic carbocycles. The van der Waals surface area contributed by atoms with Gasteiger partial charge in [0, 0.05) is 4.47 Å². The van der Waals surface area contributed by atoms with Crippen LogP contribution >= 0.6 is 15.9 Å². The zero-order valence-corrected chi connectivity index (χ0v) is 13.1. The number of halogens is 2. The van der Waals surface area contributed by atoms with Crippen LogP contribution in [-0.4, -0.2) is 25.5 Å². The van der Waals surface area contributed by atoms with Gasteiger partial charge in [-0.25, -0.2) is 17.5 Å². The van der Waals surface area contributed by atoms with Gasteiger partial charge in [0.2, 0.25) is 10.0 Å². The second kappa shape index (κ2) is 7.00. The molecule has 9 heteroatoms. The van der Waals surface area contributed by atoms with Gasteiger partial charge in [0.05, 0.1) is 6.04 Å². The molecule has 0 aliphatic rings. The Morgan fingerprint density at radius 2 is 2.25 bits per heavy atom. The third kappa shape index (κ3) is 4.15. The Morgan fingerprint density at radius 3 is 2.75 bits per heavy atom. The first-order chi connectivity index (χ1) is 9.31. The summed E-state index contributed by atoms with van der Waals surface area (Å²) in [5.41, 5.74) is 5.42. The van der Waals surface area contributed by atoms with Crippen molar-refractivity contribution in [1.82, 2.24) is 4.72 Å². The van der Waals surface area contributed by atoms with E-state index in [9.17, 15) is 12.8 Å². The molecule has 4 N–H and O–H groups in total. The summed E-state index contributed by atoms with van der Waals surface area (Å²) in [6.45, 7) is 1.81. The standard InChI is InChI=1S/C11H15BrFN3O3S/c1-2-3-9(11(14)15-17)16-20(18,19)10-5-4-7(12)6-8(10)13/h4-6,9,16-17H,2-3H2,1H3,(H2,14,15). The van der Waals surface area contributed by atoms with Crippen LogP contribution < -0.4 is 10.5 Å². The summed E-state index contributed by atoms with van der Waals surface area (Å²) in [4.78, 5) is -0.493. The van der Waals surface area contributed by atoms with Crippen molar-refractivity contribution in [2.24, 2.45) is 10.9 Å². The Bertz CT molecular complexity index is 607. The molecule has 1 aromatic rings. The van der Waals surface area contributed by atoms with Crippen LogP contribution in [0.25, 0.3) is 0 Å². The number of oxime groups is 1. The monoisotopic (exact) mass is 367 g/mol. The number of nitrogens with zero attached hydrogens (tertiary/aromatic N) is 1. The van der Waals surface area contributed by atoms with Gasteiger partial charge < -0.3 is 10.9 Å². The van der Waals surface area contributed by atoms with Crippen molar-refractivity contribution in [3.63, 3.8) is 0 Å². The van der Waals surface area contributed by atoms with E-state index >= 15 is 0 Å². The highest BCUT2D eigenvalue weighted by Crippen LogP contribution is 2.19. The molecule has 1 unspecified atom stereocenters. The molecule has 1 rings (SSSR count). The first-order valence-electron chi connectivity index (χ1n) is 5.76. The van der Waals surface area contributed by atoms with Crippen LogP contribution in [-0.2, 0) is 10.0 Å². The van der Waals surface area contributed by atoms with Crippen molar-refractivity contribution in [2.75, 3.05) is 0 Å². The van der Waals surface area contributed by atoms with Crippen LogP contribution in [0.15, 0.2) is 32.7 Å². The number of amidine groups is 1. The molecule has 1 atom stereocenters. The number of rotatable bonds is 6. The van der Waals surface area contributed by atoms with Gasteiger partial charge in [0.15, 0.2) is 5.84 Å². The molecule has 0 radical (unpaired) electrons. The van der Waals surface area contributed by atoms with Gasteiger partial charge in [-0.2, -0.15) is 0 Å². The highest BCUT2D eigenvalue weighted by Gasteiger charge is 2.25. The zero-order valence-electron chi connectivity index (χ0n) is 10.7. The van der Waals surface area contributed by atoms with Gasteiger partial charge in [-0.1, -0.05) is 34.4 Å². The largest absolute Gasteiger partial charge is 0.409 e. The number of hydrogen-bond acceptors (Lipinski definition) is 4. The number of nitrogens with one attached hydrogen (secondary N) is 1. The third-order valence-electron chi connectivity index (χ3n) is 2.53. The Morgan fingerprint density at radius 1 is 1.60 bits per heavy atom. The second-order valence-corrected chi connectivity index (χ2v) is 6.66. The molecule has 0 aliphatic carbocycles. The molecule has 0 saturated heterocycles. The van der Waals surface area contributed by atoms with Crippen molar-refractivity contribution in [3.05, 3.63) is 28.5 Å². The average Bonchev–Trinajstić information content (AvgIpc) is 2.36. The minimum atomic E-state index is -4.10.